The zero-order chi connectivity index (χ0) is 17.6. The van der Waals surface area contributed by atoms with E-state index in [1.807, 2.05) is 17.9 Å². The van der Waals surface area contributed by atoms with Gasteiger partial charge < -0.3 is 9.80 Å². The van der Waals surface area contributed by atoms with E-state index in [-0.39, 0.29) is 11.9 Å². The van der Waals surface area contributed by atoms with Crippen molar-refractivity contribution in [3.05, 3.63) is 42.2 Å². The molecule has 0 unspecified atom stereocenters. The van der Waals surface area contributed by atoms with Gasteiger partial charge in [-0.15, -0.1) is 0 Å². The Hall–Kier alpha value is -2.57. The largest absolute Gasteiger partial charge is 0.341 e. The summed E-state index contributed by atoms with van der Waals surface area (Å²) in [6.45, 7) is 5.94. The molecule has 1 fully saturated rings. The molecule has 0 aromatic carbocycles. The number of carbonyl (C=O) groups excluding carboxylic acids is 1. The van der Waals surface area contributed by atoms with Gasteiger partial charge in [-0.3, -0.25) is 4.79 Å². The molecule has 0 bridgehead atoms. The van der Waals surface area contributed by atoms with Gasteiger partial charge in [-0.25, -0.2) is 19.9 Å². The second-order valence-corrected chi connectivity index (χ2v) is 6.46. The number of rotatable bonds is 4. The van der Waals surface area contributed by atoms with Crippen LogP contribution in [0.15, 0.2) is 31.0 Å². The highest BCUT2D eigenvalue weighted by Crippen LogP contribution is 2.21. The van der Waals surface area contributed by atoms with E-state index in [1.54, 1.807) is 25.5 Å². The molecule has 25 heavy (non-hydrogen) atoms. The van der Waals surface area contributed by atoms with Crippen molar-refractivity contribution in [2.45, 2.75) is 45.7 Å². The van der Waals surface area contributed by atoms with Crippen molar-refractivity contribution < 1.29 is 4.79 Å². The minimum absolute atomic E-state index is 0.0918. The Morgan fingerprint density at radius 3 is 2.80 bits per heavy atom. The number of hydrogen-bond acceptors (Lipinski definition) is 6. The van der Waals surface area contributed by atoms with Crippen molar-refractivity contribution >= 4 is 11.9 Å². The Kier molecular flexibility index (Phi) is 5.53. The monoisotopic (exact) mass is 340 g/mol. The van der Waals surface area contributed by atoms with Crippen molar-refractivity contribution in [1.29, 1.82) is 0 Å². The smallest absolute Gasteiger partial charge is 0.225 e. The molecule has 2 aromatic heterocycles. The molecule has 7 nitrogen and oxygen atoms in total. The van der Waals surface area contributed by atoms with Crippen LogP contribution < -0.4 is 4.90 Å². The third-order valence-electron chi connectivity index (χ3n) is 4.57. The van der Waals surface area contributed by atoms with Gasteiger partial charge in [0.25, 0.3) is 0 Å². The van der Waals surface area contributed by atoms with Crippen LogP contribution in [0.5, 0.6) is 0 Å². The minimum Gasteiger partial charge on any atom is -0.341 e. The van der Waals surface area contributed by atoms with E-state index in [9.17, 15) is 4.79 Å². The molecule has 0 aliphatic carbocycles. The highest BCUT2D eigenvalue weighted by molar-refractivity contribution is 5.73. The Morgan fingerprint density at radius 2 is 2.08 bits per heavy atom. The van der Waals surface area contributed by atoms with E-state index < -0.39 is 0 Å². The topological polar surface area (TPSA) is 75.1 Å². The first kappa shape index (κ1) is 17.3. The van der Waals surface area contributed by atoms with Crippen LogP contribution in [0, 0.1) is 6.92 Å². The van der Waals surface area contributed by atoms with Crippen LogP contribution in [0.2, 0.25) is 0 Å². The van der Waals surface area contributed by atoms with Crippen LogP contribution >= 0.6 is 0 Å². The Balaban J connectivity index is 1.68. The summed E-state index contributed by atoms with van der Waals surface area (Å²) in [6.07, 6.45) is 9.75. The van der Waals surface area contributed by atoms with Crippen molar-refractivity contribution in [3.63, 3.8) is 0 Å². The fourth-order valence-corrected chi connectivity index (χ4v) is 3.28. The molecule has 7 heteroatoms. The molecule has 3 heterocycles. The zero-order valence-corrected chi connectivity index (χ0v) is 14.8. The van der Waals surface area contributed by atoms with Crippen molar-refractivity contribution in [1.82, 2.24) is 24.8 Å². The molecule has 3 rings (SSSR count). The number of amides is 1. The highest BCUT2D eigenvalue weighted by Gasteiger charge is 2.25. The fraction of sp³-hybridized carbons (Fsp3) is 0.500. The van der Waals surface area contributed by atoms with E-state index in [1.165, 1.54) is 6.33 Å². The van der Waals surface area contributed by atoms with Gasteiger partial charge in [0.2, 0.25) is 11.9 Å². The van der Waals surface area contributed by atoms with Gasteiger partial charge in [0, 0.05) is 62.4 Å². The number of anilines is 1. The second kappa shape index (κ2) is 8.00. The van der Waals surface area contributed by atoms with Crippen LogP contribution in [-0.4, -0.2) is 49.9 Å². The number of hydrogen-bond donors (Lipinski definition) is 0. The predicted octanol–water partition coefficient (Wildman–Crippen LogP) is 1.98. The third kappa shape index (κ3) is 4.49. The van der Waals surface area contributed by atoms with Crippen LogP contribution in [-0.2, 0) is 11.3 Å². The van der Waals surface area contributed by atoms with Crippen LogP contribution in [0.1, 0.15) is 37.4 Å². The summed E-state index contributed by atoms with van der Waals surface area (Å²) in [4.78, 5) is 33.4. The molecule has 0 radical (unpaired) electrons. The zero-order valence-electron chi connectivity index (χ0n) is 14.8. The molecule has 1 aliphatic rings. The van der Waals surface area contributed by atoms with Gasteiger partial charge in [-0.1, -0.05) is 0 Å². The maximum Gasteiger partial charge on any atom is 0.225 e. The van der Waals surface area contributed by atoms with Gasteiger partial charge >= 0.3 is 0 Å². The number of aromatic nitrogens is 4. The van der Waals surface area contributed by atoms with Gasteiger partial charge in [0.05, 0.1) is 0 Å². The number of nitrogens with zero attached hydrogens (tertiary/aromatic N) is 6. The fourth-order valence-electron chi connectivity index (χ4n) is 3.28. The first-order valence-electron chi connectivity index (χ1n) is 8.69. The molecule has 0 saturated carbocycles. The lowest BCUT2D eigenvalue weighted by Crippen LogP contribution is -2.39. The lowest BCUT2D eigenvalue weighted by atomic mass is 10.1. The lowest BCUT2D eigenvalue weighted by molar-refractivity contribution is -0.132. The quantitative estimate of drug-likeness (QED) is 0.847. The first-order chi connectivity index (χ1) is 12.1. The first-order valence-corrected chi connectivity index (χ1v) is 8.69. The molecule has 0 N–H and O–H groups in total. The molecule has 2 aromatic rings. The van der Waals surface area contributed by atoms with Crippen LogP contribution in [0.25, 0.3) is 0 Å². The molecule has 1 amide bonds. The van der Waals surface area contributed by atoms with Gasteiger partial charge in [0.15, 0.2) is 0 Å². The highest BCUT2D eigenvalue weighted by atomic mass is 16.2. The third-order valence-corrected chi connectivity index (χ3v) is 4.57. The van der Waals surface area contributed by atoms with E-state index in [0.717, 1.165) is 49.6 Å². The second-order valence-electron chi connectivity index (χ2n) is 6.46. The summed E-state index contributed by atoms with van der Waals surface area (Å²) in [5.74, 6) is 0.876. The Labute approximate surface area is 148 Å². The summed E-state index contributed by atoms with van der Waals surface area (Å²) >= 11 is 0. The Morgan fingerprint density at radius 1 is 1.28 bits per heavy atom. The maximum absolute atomic E-state index is 12.2. The standard InChI is InChI=1S/C18H24N6O/c1-14-5-7-21-18(22-14)23-8-3-4-17(6-9-23)24(15(2)25)12-16-10-19-13-20-11-16/h5,7,10-11,13,17H,3-4,6,8-9,12H2,1-2H3/t17-/m0/s1. The molecule has 1 atom stereocenters. The van der Waals surface area contributed by atoms with Crippen LogP contribution in [0.4, 0.5) is 5.95 Å². The summed E-state index contributed by atoms with van der Waals surface area (Å²) < 4.78 is 0. The summed E-state index contributed by atoms with van der Waals surface area (Å²) in [5.41, 5.74) is 1.93. The normalized spacial score (nSPS) is 17.8. The molecular formula is C18H24N6O. The molecule has 0 spiro atoms. The van der Waals surface area contributed by atoms with Crippen molar-refractivity contribution in [3.8, 4) is 0 Å². The van der Waals surface area contributed by atoms with Crippen molar-refractivity contribution in [2.75, 3.05) is 18.0 Å². The van der Waals surface area contributed by atoms with Gasteiger partial charge in [-0.2, -0.15) is 0 Å². The van der Waals surface area contributed by atoms with E-state index in [2.05, 4.69) is 24.8 Å². The average molecular weight is 340 g/mol. The summed E-state index contributed by atoms with van der Waals surface area (Å²) in [6, 6.07) is 2.12. The number of aryl methyl sites for hydroxylation is 1. The van der Waals surface area contributed by atoms with Crippen LogP contribution in [0.3, 0.4) is 0 Å². The maximum atomic E-state index is 12.2. The summed E-state index contributed by atoms with van der Waals surface area (Å²) in [5, 5.41) is 0. The van der Waals surface area contributed by atoms with Crippen molar-refractivity contribution in [2.24, 2.45) is 0 Å². The molecule has 132 valence electrons. The van der Waals surface area contributed by atoms with Gasteiger partial charge in [0.1, 0.15) is 6.33 Å². The Bertz CT molecular complexity index is 708. The SMILES string of the molecule is CC(=O)N(Cc1cncnc1)[C@H]1CCCN(c2nccc(C)n2)CC1. The molecular weight excluding hydrogens is 316 g/mol. The summed E-state index contributed by atoms with van der Waals surface area (Å²) in [7, 11) is 0. The van der Waals surface area contributed by atoms with E-state index in [0.29, 0.717) is 6.54 Å². The lowest BCUT2D eigenvalue weighted by Gasteiger charge is -2.30. The predicted molar refractivity (Wildman–Crippen MR) is 94.9 cm³/mol. The minimum atomic E-state index is 0.0918. The van der Waals surface area contributed by atoms with E-state index in [4.69, 9.17) is 0 Å². The van der Waals surface area contributed by atoms with Gasteiger partial charge in [-0.05, 0) is 32.3 Å². The molecule has 1 aliphatic heterocycles. The van der Waals surface area contributed by atoms with E-state index >= 15 is 0 Å². The molecule has 1 saturated heterocycles. The average Bonchev–Trinajstić information content (AvgIpc) is 2.86. The number of carbonyl (C=O) groups is 1.